The number of hydrogen-bond acceptors (Lipinski definition) is 3. The Balaban J connectivity index is 1.35. The van der Waals surface area contributed by atoms with Crippen LogP contribution in [0.2, 0.25) is 0 Å². The van der Waals surface area contributed by atoms with Crippen LogP contribution in [-0.4, -0.2) is 41.7 Å². The molecule has 1 aromatic heterocycles. The van der Waals surface area contributed by atoms with E-state index < -0.39 is 0 Å². The minimum atomic E-state index is -0.00446. The average molecular weight is 325 g/mol. The largest absolute Gasteiger partial charge is 0.472 e. The molecule has 1 N–H and O–H groups in total. The number of likely N-dealkylation sites (tertiary alicyclic amines) is 1. The predicted octanol–water partition coefficient (Wildman–Crippen LogP) is 2.88. The Labute approximate surface area is 142 Å². The van der Waals surface area contributed by atoms with Gasteiger partial charge in [-0.1, -0.05) is 36.4 Å². The van der Waals surface area contributed by atoms with Gasteiger partial charge in [-0.3, -0.25) is 0 Å². The fraction of sp³-hybridized carbons (Fsp3) is 0.368. The van der Waals surface area contributed by atoms with Crippen LogP contribution in [0.1, 0.15) is 18.4 Å². The third kappa shape index (κ3) is 4.72. The Morgan fingerprint density at radius 3 is 2.83 bits per heavy atom. The van der Waals surface area contributed by atoms with E-state index in [2.05, 4.69) is 22.4 Å². The summed E-state index contributed by atoms with van der Waals surface area (Å²) in [6.07, 6.45) is 4.49. The van der Waals surface area contributed by atoms with E-state index in [1.165, 1.54) is 5.56 Å². The van der Waals surface area contributed by atoms with Crippen LogP contribution in [0.5, 0.6) is 5.88 Å². The molecule has 1 atom stereocenters. The molecule has 0 spiro atoms. The summed E-state index contributed by atoms with van der Waals surface area (Å²) in [6, 6.07) is 15.9. The van der Waals surface area contributed by atoms with Crippen molar-refractivity contribution in [3.63, 3.8) is 0 Å². The molecule has 2 aromatic rings. The van der Waals surface area contributed by atoms with Gasteiger partial charge in [-0.15, -0.1) is 0 Å². The predicted molar refractivity (Wildman–Crippen MR) is 93.0 cm³/mol. The molecule has 0 bridgehead atoms. The van der Waals surface area contributed by atoms with E-state index in [9.17, 15) is 4.79 Å². The number of nitrogens with one attached hydrogen (secondary N) is 1. The Morgan fingerprint density at radius 2 is 2.04 bits per heavy atom. The number of ether oxygens (including phenoxy) is 1. The maximum atomic E-state index is 12.2. The van der Waals surface area contributed by atoms with Crippen LogP contribution < -0.4 is 10.1 Å². The highest BCUT2D eigenvalue weighted by Crippen LogP contribution is 2.16. The number of nitrogens with zero attached hydrogens (tertiary/aromatic N) is 2. The molecule has 0 aliphatic carbocycles. The Hall–Kier alpha value is -2.56. The van der Waals surface area contributed by atoms with Crippen LogP contribution in [-0.2, 0) is 6.42 Å². The number of pyridine rings is 1. The molecule has 5 nitrogen and oxygen atoms in total. The van der Waals surface area contributed by atoms with Crippen molar-refractivity contribution >= 4 is 6.03 Å². The van der Waals surface area contributed by atoms with Gasteiger partial charge in [-0.2, -0.15) is 0 Å². The standard InChI is InChI=1S/C19H23N3O2/c23-19(21-13-6-9-16-7-2-1-3-8-16)22-14-11-17(15-22)24-18-10-4-5-12-20-18/h1-5,7-8,10,12,17H,6,9,11,13-15H2,(H,21,23). The van der Waals surface area contributed by atoms with Crippen LogP contribution in [0.25, 0.3) is 0 Å². The first kappa shape index (κ1) is 16.3. The van der Waals surface area contributed by atoms with Gasteiger partial charge in [0.2, 0.25) is 5.88 Å². The van der Waals surface area contributed by atoms with Crippen LogP contribution in [0, 0.1) is 0 Å². The molecule has 126 valence electrons. The lowest BCUT2D eigenvalue weighted by Gasteiger charge is -2.17. The molecule has 5 heteroatoms. The number of carbonyl (C=O) groups excluding carboxylic acids is 1. The van der Waals surface area contributed by atoms with E-state index in [1.807, 2.05) is 41.3 Å². The second-order valence-corrected chi connectivity index (χ2v) is 5.96. The number of aryl methyl sites for hydroxylation is 1. The molecule has 1 unspecified atom stereocenters. The monoisotopic (exact) mass is 325 g/mol. The SMILES string of the molecule is O=C(NCCCc1ccccc1)N1CCC(Oc2ccccn2)C1. The molecule has 1 aliphatic heterocycles. The lowest BCUT2D eigenvalue weighted by molar-refractivity contribution is 0.183. The molecule has 0 radical (unpaired) electrons. The molecule has 1 fully saturated rings. The van der Waals surface area contributed by atoms with Gasteiger partial charge in [-0.25, -0.2) is 9.78 Å². The number of aromatic nitrogens is 1. The molecule has 3 rings (SSSR count). The quantitative estimate of drug-likeness (QED) is 0.831. The normalized spacial score (nSPS) is 16.8. The lowest BCUT2D eigenvalue weighted by Crippen LogP contribution is -2.39. The first-order chi connectivity index (χ1) is 11.8. The zero-order valence-electron chi connectivity index (χ0n) is 13.7. The Morgan fingerprint density at radius 1 is 1.21 bits per heavy atom. The van der Waals surface area contributed by atoms with Crippen molar-refractivity contribution < 1.29 is 9.53 Å². The molecule has 1 aromatic carbocycles. The zero-order chi connectivity index (χ0) is 16.6. The average Bonchev–Trinajstić information content (AvgIpc) is 3.09. The van der Waals surface area contributed by atoms with E-state index in [0.717, 1.165) is 25.8 Å². The van der Waals surface area contributed by atoms with Crippen LogP contribution in [0.3, 0.4) is 0 Å². The van der Waals surface area contributed by atoms with Crippen molar-refractivity contribution in [2.45, 2.75) is 25.4 Å². The highest BCUT2D eigenvalue weighted by atomic mass is 16.5. The van der Waals surface area contributed by atoms with Gasteiger partial charge >= 0.3 is 6.03 Å². The zero-order valence-corrected chi connectivity index (χ0v) is 13.7. The Kier molecular flexibility index (Phi) is 5.66. The summed E-state index contributed by atoms with van der Waals surface area (Å²) >= 11 is 0. The van der Waals surface area contributed by atoms with Gasteiger partial charge in [0.15, 0.2) is 0 Å². The number of amides is 2. The maximum Gasteiger partial charge on any atom is 0.317 e. The third-order valence-electron chi connectivity index (χ3n) is 4.12. The van der Waals surface area contributed by atoms with Gasteiger partial charge in [0, 0.05) is 31.8 Å². The third-order valence-corrected chi connectivity index (χ3v) is 4.12. The number of carbonyl (C=O) groups is 1. The maximum absolute atomic E-state index is 12.2. The van der Waals surface area contributed by atoms with Crippen molar-refractivity contribution in [3.8, 4) is 5.88 Å². The molecular formula is C19H23N3O2. The summed E-state index contributed by atoms with van der Waals surface area (Å²) in [7, 11) is 0. The summed E-state index contributed by atoms with van der Waals surface area (Å²) in [6.45, 7) is 2.03. The summed E-state index contributed by atoms with van der Waals surface area (Å²) in [5, 5.41) is 3.00. The second kappa shape index (κ2) is 8.34. The van der Waals surface area contributed by atoms with Crippen LogP contribution in [0.15, 0.2) is 54.7 Å². The number of urea groups is 1. The van der Waals surface area contributed by atoms with Gasteiger partial charge < -0.3 is 15.0 Å². The molecule has 1 aliphatic rings. The Bertz CT molecular complexity index is 634. The highest BCUT2D eigenvalue weighted by Gasteiger charge is 2.27. The number of hydrogen-bond donors (Lipinski definition) is 1. The van der Waals surface area contributed by atoms with Crippen LogP contribution in [0.4, 0.5) is 4.79 Å². The van der Waals surface area contributed by atoms with Crippen LogP contribution >= 0.6 is 0 Å². The van der Waals surface area contributed by atoms with E-state index in [4.69, 9.17) is 4.74 Å². The van der Waals surface area contributed by atoms with Gasteiger partial charge in [0.25, 0.3) is 0 Å². The minimum absolute atomic E-state index is 0.00446. The summed E-state index contributed by atoms with van der Waals surface area (Å²) in [4.78, 5) is 18.2. The smallest absolute Gasteiger partial charge is 0.317 e. The van der Waals surface area contributed by atoms with Crippen molar-refractivity contribution in [2.75, 3.05) is 19.6 Å². The van der Waals surface area contributed by atoms with E-state index >= 15 is 0 Å². The fourth-order valence-corrected chi connectivity index (χ4v) is 2.84. The second-order valence-electron chi connectivity index (χ2n) is 5.96. The molecule has 24 heavy (non-hydrogen) atoms. The summed E-state index contributed by atoms with van der Waals surface area (Å²) < 4.78 is 5.81. The van der Waals surface area contributed by atoms with Gasteiger partial charge in [0.1, 0.15) is 6.10 Å². The first-order valence-corrected chi connectivity index (χ1v) is 8.45. The van der Waals surface area contributed by atoms with E-state index in [1.54, 1.807) is 6.20 Å². The highest BCUT2D eigenvalue weighted by molar-refractivity contribution is 5.74. The van der Waals surface area contributed by atoms with Crippen molar-refractivity contribution in [2.24, 2.45) is 0 Å². The van der Waals surface area contributed by atoms with Gasteiger partial charge in [-0.05, 0) is 24.5 Å². The lowest BCUT2D eigenvalue weighted by atomic mass is 10.1. The molecule has 2 amide bonds. The summed E-state index contributed by atoms with van der Waals surface area (Å²) in [5.41, 5.74) is 1.30. The minimum Gasteiger partial charge on any atom is -0.472 e. The van der Waals surface area contributed by atoms with Crippen molar-refractivity contribution in [1.29, 1.82) is 0 Å². The van der Waals surface area contributed by atoms with Crippen molar-refractivity contribution in [1.82, 2.24) is 15.2 Å². The van der Waals surface area contributed by atoms with Crippen molar-refractivity contribution in [3.05, 3.63) is 60.3 Å². The topological polar surface area (TPSA) is 54.5 Å². The van der Waals surface area contributed by atoms with E-state index in [0.29, 0.717) is 19.0 Å². The number of rotatable bonds is 6. The number of benzene rings is 1. The molecule has 1 saturated heterocycles. The first-order valence-electron chi connectivity index (χ1n) is 8.45. The summed E-state index contributed by atoms with van der Waals surface area (Å²) in [5.74, 6) is 0.618. The molecular weight excluding hydrogens is 302 g/mol. The van der Waals surface area contributed by atoms with E-state index in [-0.39, 0.29) is 12.1 Å². The molecule has 2 heterocycles. The molecule has 0 saturated carbocycles. The van der Waals surface area contributed by atoms with Gasteiger partial charge in [0.05, 0.1) is 6.54 Å². The fourth-order valence-electron chi connectivity index (χ4n) is 2.84.